The predicted octanol–water partition coefficient (Wildman–Crippen LogP) is 2.09. The highest BCUT2D eigenvalue weighted by Gasteiger charge is 2.54. The quantitative estimate of drug-likeness (QED) is 0.265. The average molecular weight is 511 g/mol. The molecule has 0 spiro atoms. The smallest absolute Gasteiger partial charge is 0.246 e. The molecule has 0 bridgehead atoms. The molecule has 1 atom stereocenters. The number of amides is 2. The van der Waals surface area contributed by atoms with E-state index >= 15 is 0 Å². The second kappa shape index (κ2) is 9.42. The van der Waals surface area contributed by atoms with Gasteiger partial charge in [0.25, 0.3) is 0 Å². The maximum Gasteiger partial charge on any atom is 0.246 e. The number of hydrogen-bond acceptors (Lipinski definition) is 4. The Morgan fingerprint density at radius 1 is 1.24 bits per heavy atom. The highest BCUT2D eigenvalue weighted by Crippen LogP contribution is 2.43. The third-order valence-electron chi connectivity index (χ3n) is 6.37. The number of carbonyl (C=O) groups excluding carboxylic acids is 2. The average Bonchev–Trinajstić information content (AvgIpc) is 3.18. The number of benzene rings is 1. The van der Waals surface area contributed by atoms with Crippen LogP contribution in [0.5, 0.6) is 0 Å². The molecule has 2 aliphatic rings. The third kappa shape index (κ3) is 4.42. The molecule has 6 N–H and O–H groups in total. The van der Waals surface area contributed by atoms with Gasteiger partial charge in [0.15, 0.2) is 0 Å². The van der Waals surface area contributed by atoms with Crippen LogP contribution in [0.1, 0.15) is 56.1 Å². The molecular formula is C21H30IN5O2. The van der Waals surface area contributed by atoms with E-state index in [1.54, 1.807) is 11.0 Å². The summed E-state index contributed by atoms with van der Waals surface area (Å²) in [5, 5.41) is 10.7. The molecule has 1 saturated heterocycles. The van der Waals surface area contributed by atoms with Gasteiger partial charge in [-0.15, -0.1) is 0 Å². The maximum absolute atomic E-state index is 13.6. The lowest BCUT2D eigenvalue weighted by atomic mass is 9.72. The van der Waals surface area contributed by atoms with Crippen LogP contribution in [-0.4, -0.2) is 41.2 Å². The van der Waals surface area contributed by atoms with Crippen molar-refractivity contribution in [3.8, 4) is 0 Å². The molecule has 2 fully saturated rings. The SMILES string of the molecule is N=C(N)c1ccc(CNC(=O)[C@]2(C3CCCCC3)CCCN2C(=O)CN)c(I)c1. The van der Waals surface area contributed by atoms with Crippen molar-refractivity contribution in [2.75, 3.05) is 13.1 Å². The number of hydrogen-bond donors (Lipinski definition) is 4. The summed E-state index contributed by atoms with van der Waals surface area (Å²) in [6, 6.07) is 5.54. The van der Waals surface area contributed by atoms with E-state index in [9.17, 15) is 9.59 Å². The van der Waals surface area contributed by atoms with Crippen molar-refractivity contribution in [1.82, 2.24) is 10.2 Å². The molecule has 0 radical (unpaired) electrons. The highest BCUT2D eigenvalue weighted by atomic mass is 127. The van der Waals surface area contributed by atoms with Crippen molar-refractivity contribution in [2.24, 2.45) is 17.4 Å². The third-order valence-corrected chi connectivity index (χ3v) is 7.38. The molecule has 7 nitrogen and oxygen atoms in total. The molecule has 29 heavy (non-hydrogen) atoms. The summed E-state index contributed by atoms with van der Waals surface area (Å²) in [5.74, 6) is 0.0174. The fourth-order valence-corrected chi connectivity index (χ4v) is 5.62. The Labute approximate surface area is 185 Å². The largest absolute Gasteiger partial charge is 0.384 e. The number of halogens is 1. The van der Waals surface area contributed by atoms with E-state index in [-0.39, 0.29) is 30.1 Å². The first-order valence-corrected chi connectivity index (χ1v) is 11.4. The lowest BCUT2D eigenvalue weighted by Crippen LogP contribution is -2.62. The van der Waals surface area contributed by atoms with E-state index in [4.69, 9.17) is 16.9 Å². The van der Waals surface area contributed by atoms with Gasteiger partial charge in [0.1, 0.15) is 11.4 Å². The van der Waals surface area contributed by atoms with Gasteiger partial charge in [-0.2, -0.15) is 0 Å². The van der Waals surface area contributed by atoms with Gasteiger partial charge in [0.05, 0.1) is 6.54 Å². The summed E-state index contributed by atoms with van der Waals surface area (Å²) in [6.07, 6.45) is 6.90. The fraction of sp³-hybridized carbons (Fsp3) is 0.571. The van der Waals surface area contributed by atoms with Crippen molar-refractivity contribution in [3.63, 3.8) is 0 Å². The van der Waals surface area contributed by atoms with Crippen LogP contribution in [0.4, 0.5) is 0 Å². The molecule has 1 saturated carbocycles. The molecule has 1 aromatic rings. The van der Waals surface area contributed by atoms with Crippen LogP contribution in [-0.2, 0) is 16.1 Å². The molecule has 8 heteroatoms. The minimum Gasteiger partial charge on any atom is -0.384 e. The Morgan fingerprint density at radius 2 is 1.97 bits per heavy atom. The van der Waals surface area contributed by atoms with Gasteiger partial charge in [-0.1, -0.05) is 31.4 Å². The van der Waals surface area contributed by atoms with Gasteiger partial charge >= 0.3 is 0 Å². The molecule has 1 aromatic carbocycles. The first-order chi connectivity index (χ1) is 13.9. The monoisotopic (exact) mass is 511 g/mol. The number of carbonyl (C=O) groups is 2. The molecule has 1 aliphatic carbocycles. The molecule has 1 aliphatic heterocycles. The summed E-state index contributed by atoms with van der Waals surface area (Å²) in [7, 11) is 0. The van der Waals surface area contributed by atoms with Crippen molar-refractivity contribution >= 4 is 40.2 Å². The number of nitrogens with one attached hydrogen (secondary N) is 2. The number of likely N-dealkylation sites (tertiary alicyclic amines) is 1. The Morgan fingerprint density at radius 3 is 2.59 bits per heavy atom. The van der Waals surface area contributed by atoms with Gasteiger partial charge < -0.3 is 21.7 Å². The second-order valence-electron chi connectivity index (χ2n) is 8.01. The molecule has 2 amide bonds. The minimum absolute atomic E-state index is 0.0247. The molecule has 3 rings (SSSR count). The van der Waals surface area contributed by atoms with Gasteiger partial charge in [-0.05, 0) is 65.8 Å². The lowest BCUT2D eigenvalue weighted by Gasteiger charge is -2.44. The van der Waals surface area contributed by atoms with E-state index in [1.165, 1.54) is 6.42 Å². The van der Waals surface area contributed by atoms with E-state index in [0.29, 0.717) is 25.1 Å². The molecular weight excluding hydrogens is 481 g/mol. The number of amidine groups is 1. The van der Waals surface area contributed by atoms with Crippen LogP contribution in [0.15, 0.2) is 18.2 Å². The first-order valence-electron chi connectivity index (χ1n) is 10.3. The number of rotatable bonds is 6. The van der Waals surface area contributed by atoms with Crippen molar-refractivity contribution in [3.05, 3.63) is 32.9 Å². The van der Waals surface area contributed by atoms with Crippen LogP contribution >= 0.6 is 22.6 Å². The number of nitrogens with two attached hydrogens (primary N) is 2. The number of nitrogen functional groups attached to an aromatic ring is 1. The normalized spacial score (nSPS) is 22.5. The van der Waals surface area contributed by atoms with Crippen molar-refractivity contribution in [1.29, 1.82) is 5.41 Å². The summed E-state index contributed by atoms with van der Waals surface area (Å²) in [4.78, 5) is 27.9. The predicted molar refractivity (Wildman–Crippen MR) is 121 cm³/mol. The second-order valence-corrected chi connectivity index (χ2v) is 9.18. The zero-order valence-corrected chi connectivity index (χ0v) is 18.8. The summed E-state index contributed by atoms with van der Waals surface area (Å²) in [6.45, 7) is 0.922. The van der Waals surface area contributed by atoms with Gasteiger partial charge in [-0.3, -0.25) is 15.0 Å². The van der Waals surface area contributed by atoms with E-state index in [2.05, 4.69) is 27.9 Å². The van der Waals surface area contributed by atoms with Crippen LogP contribution in [0, 0.1) is 14.9 Å². The zero-order chi connectivity index (χ0) is 21.0. The van der Waals surface area contributed by atoms with Crippen molar-refractivity contribution < 1.29 is 9.59 Å². The van der Waals surface area contributed by atoms with Crippen LogP contribution in [0.25, 0.3) is 0 Å². The van der Waals surface area contributed by atoms with Crippen LogP contribution < -0.4 is 16.8 Å². The maximum atomic E-state index is 13.6. The highest BCUT2D eigenvalue weighted by molar-refractivity contribution is 14.1. The van der Waals surface area contributed by atoms with E-state index < -0.39 is 5.54 Å². The van der Waals surface area contributed by atoms with Crippen LogP contribution in [0.3, 0.4) is 0 Å². The van der Waals surface area contributed by atoms with Crippen LogP contribution in [0.2, 0.25) is 0 Å². The standard InChI is InChI=1S/C21H30IN5O2/c22-17-11-14(19(24)25)7-8-15(17)13-26-20(29)21(16-5-2-1-3-6-16)9-4-10-27(21)18(28)12-23/h7-8,11,16H,1-6,9-10,12-13,23H2,(H3,24,25)(H,26,29)/t21-/m1/s1. The zero-order valence-electron chi connectivity index (χ0n) is 16.7. The first kappa shape index (κ1) is 22.0. The fourth-order valence-electron chi connectivity index (χ4n) is 4.91. The Balaban J connectivity index is 1.82. The van der Waals surface area contributed by atoms with E-state index in [1.807, 2.05) is 12.1 Å². The van der Waals surface area contributed by atoms with E-state index in [0.717, 1.165) is 41.2 Å². The Bertz CT molecular complexity index is 793. The lowest BCUT2D eigenvalue weighted by molar-refractivity contribution is -0.148. The summed E-state index contributed by atoms with van der Waals surface area (Å²) < 4.78 is 0.948. The van der Waals surface area contributed by atoms with Gasteiger partial charge in [0.2, 0.25) is 11.8 Å². The molecule has 1 heterocycles. The molecule has 0 aromatic heterocycles. The minimum atomic E-state index is -0.776. The Hall–Kier alpha value is -1.68. The van der Waals surface area contributed by atoms with Crippen molar-refractivity contribution in [2.45, 2.75) is 57.0 Å². The summed E-state index contributed by atoms with van der Waals surface area (Å²) in [5.41, 5.74) is 12.1. The topological polar surface area (TPSA) is 125 Å². The summed E-state index contributed by atoms with van der Waals surface area (Å²) >= 11 is 2.20. The number of nitrogens with zero attached hydrogens (tertiary/aromatic N) is 1. The van der Waals surface area contributed by atoms with Gasteiger partial charge in [0, 0.05) is 22.2 Å². The molecule has 0 unspecified atom stereocenters. The molecule has 158 valence electrons. The van der Waals surface area contributed by atoms with Gasteiger partial charge in [-0.25, -0.2) is 0 Å². The Kier molecular flexibility index (Phi) is 7.15.